The van der Waals surface area contributed by atoms with Gasteiger partial charge in [-0.25, -0.2) is 4.98 Å². The molecule has 2 amide bonds. The van der Waals surface area contributed by atoms with Crippen molar-refractivity contribution in [1.82, 2.24) is 15.6 Å². The van der Waals surface area contributed by atoms with Crippen LogP contribution in [0.1, 0.15) is 24.8 Å². The molecule has 2 rings (SSSR count). The van der Waals surface area contributed by atoms with E-state index < -0.39 is 0 Å². The first-order valence-corrected chi connectivity index (χ1v) is 8.07. The predicted molar refractivity (Wildman–Crippen MR) is 91.7 cm³/mol. The second-order valence-electron chi connectivity index (χ2n) is 5.40. The van der Waals surface area contributed by atoms with E-state index in [-0.39, 0.29) is 18.2 Å². The average Bonchev–Trinajstić information content (AvgIpc) is 2.87. The SMILES string of the molecule is CC(=O)NCCCNC(=O)Cc1nc(-c2cccc(Cl)c2)oc1C. The number of hydrogen-bond acceptors (Lipinski definition) is 4. The summed E-state index contributed by atoms with van der Waals surface area (Å²) >= 11 is 5.97. The molecule has 6 nitrogen and oxygen atoms in total. The molecule has 0 saturated heterocycles. The van der Waals surface area contributed by atoms with Crippen LogP contribution >= 0.6 is 11.6 Å². The molecule has 0 aliphatic rings. The molecule has 2 aromatic rings. The quantitative estimate of drug-likeness (QED) is 0.752. The van der Waals surface area contributed by atoms with Gasteiger partial charge in [0.1, 0.15) is 5.76 Å². The molecule has 0 aliphatic heterocycles. The summed E-state index contributed by atoms with van der Waals surface area (Å²) in [5.74, 6) is 0.849. The van der Waals surface area contributed by atoms with Crippen molar-refractivity contribution in [2.24, 2.45) is 0 Å². The Morgan fingerprint density at radius 1 is 1.25 bits per heavy atom. The van der Waals surface area contributed by atoms with Gasteiger partial charge in [0.25, 0.3) is 0 Å². The Balaban J connectivity index is 1.89. The number of carbonyl (C=O) groups is 2. The minimum absolute atomic E-state index is 0.0758. The monoisotopic (exact) mass is 349 g/mol. The molecule has 1 aromatic carbocycles. The van der Waals surface area contributed by atoms with Crippen LogP contribution in [-0.4, -0.2) is 29.9 Å². The maximum Gasteiger partial charge on any atom is 0.226 e. The average molecular weight is 350 g/mol. The fourth-order valence-electron chi connectivity index (χ4n) is 2.13. The first-order valence-electron chi connectivity index (χ1n) is 7.69. The number of nitrogens with one attached hydrogen (secondary N) is 2. The zero-order chi connectivity index (χ0) is 17.5. The molecule has 0 saturated carbocycles. The van der Waals surface area contributed by atoms with Crippen molar-refractivity contribution in [3.05, 3.63) is 40.7 Å². The largest absolute Gasteiger partial charge is 0.441 e. The fourth-order valence-corrected chi connectivity index (χ4v) is 2.32. The smallest absolute Gasteiger partial charge is 0.226 e. The Kier molecular flexibility index (Phi) is 6.37. The van der Waals surface area contributed by atoms with Gasteiger partial charge in [0.2, 0.25) is 17.7 Å². The second-order valence-corrected chi connectivity index (χ2v) is 5.83. The maximum atomic E-state index is 12.0. The number of aromatic nitrogens is 1. The third kappa shape index (κ3) is 5.38. The van der Waals surface area contributed by atoms with E-state index in [2.05, 4.69) is 15.6 Å². The van der Waals surface area contributed by atoms with Crippen LogP contribution in [0.2, 0.25) is 5.02 Å². The summed E-state index contributed by atoms with van der Waals surface area (Å²) in [6.07, 6.45) is 0.826. The van der Waals surface area contributed by atoms with Gasteiger partial charge in [-0.1, -0.05) is 17.7 Å². The number of amides is 2. The second kappa shape index (κ2) is 8.49. The summed E-state index contributed by atoms with van der Waals surface area (Å²) in [5, 5.41) is 6.07. The Bertz CT molecular complexity index is 728. The molecule has 0 fully saturated rings. The normalized spacial score (nSPS) is 10.5. The lowest BCUT2D eigenvalue weighted by Crippen LogP contribution is -2.29. The Morgan fingerprint density at radius 3 is 2.71 bits per heavy atom. The highest BCUT2D eigenvalue weighted by molar-refractivity contribution is 6.30. The fraction of sp³-hybridized carbons (Fsp3) is 0.353. The van der Waals surface area contributed by atoms with Crippen LogP contribution in [0.5, 0.6) is 0 Å². The zero-order valence-corrected chi connectivity index (χ0v) is 14.4. The molecule has 0 unspecified atom stereocenters. The van der Waals surface area contributed by atoms with Crippen molar-refractivity contribution in [3.63, 3.8) is 0 Å². The first-order chi connectivity index (χ1) is 11.5. The summed E-state index contributed by atoms with van der Waals surface area (Å²) in [6.45, 7) is 4.28. The number of nitrogens with zero attached hydrogens (tertiary/aromatic N) is 1. The van der Waals surface area contributed by atoms with Gasteiger partial charge in [-0.15, -0.1) is 0 Å². The van der Waals surface area contributed by atoms with Crippen LogP contribution in [0.4, 0.5) is 0 Å². The minimum Gasteiger partial charge on any atom is -0.441 e. The Labute approximate surface area is 145 Å². The van der Waals surface area contributed by atoms with Crippen molar-refractivity contribution in [1.29, 1.82) is 0 Å². The maximum absolute atomic E-state index is 12.0. The van der Waals surface area contributed by atoms with Gasteiger partial charge in [0.05, 0.1) is 12.1 Å². The van der Waals surface area contributed by atoms with Gasteiger partial charge in [0.15, 0.2) is 0 Å². The molecule has 0 atom stereocenters. The lowest BCUT2D eigenvalue weighted by Gasteiger charge is -2.04. The third-order valence-corrected chi connectivity index (χ3v) is 3.58. The van der Waals surface area contributed by atoms with Crippen LogP contribution in [0, 0.1) is 6.92 Å². The summed E-state index contributed by atoms with van der Waals surface area (Å²) < 4.78 is 5.63. The van der Waals surface area contributed by atoms with Gasteiger partial charge in [-0.2, -0.15) is 0 Å². The molecule has 1 aromatic heterocycles. The molecule has 2 N–H and O–H groups in total. The van der Waals surface area contributed by atoms with Crippen LogP contribution in [0.25, 0.3) is 11.5 Å². The van der Waals surface area contributed by atoms with Crippen LogP contribution < -0.4 is 10.6 Å². The number of carbonyl (C=O) groups excluding carboxylic acids is 2. The van der Waals surface area contributed by atoms with Gasteiger partial charge in [-0.3, -0.25) is 9.59 Å². The first kappa shape index (κ1) is 18.0. The highest BCUT2D eigenvalue weighted by atomic mass is 35.5. The molecule has 0 bridgehead atoms. The summed E-state index contributed by atoms with van der Waals surface area (Å²) in [6, 6.07) is 7.20. The number of oxazole rings is 1. The van der Waals surface area contributed by atoms with E-state index in [1.54, 1.807) is 19.1 Å². The molecule has 1 heterocycles. The topological polar surface area (TPSA) is 84.2 Å². The van der Waals surface area contributed by atoms with E-state index >= 15 is 0 Å². The summed E-state index contributed by atoms with van der Waals surface area (Å²) in [5.41, 5.74) is 1.37. The van der Waals surface area contributed by atoms with Crippen LogP contribution in [0.3, 0.4) is 0 Å². The predicted octanol–water partition coefficient (Wildman–Crippen LogP) is 2.49. The zero-order valence-electron chi connectivity index (χ0n) is 13.7. The molecule has 7 heteroatoms. The molecule has 0 aliphatic carbocycles. The van der Waals surface area contributed by atoms with Gasteiger partial charge in [-0.05, 0) is 31.5 Å². The van der Waals surface area contributed by atoms with E-state index in [0.29, 0.717) is 41.9 Å². The van der Waals surface area contributed by atoms with E-state index in [4.69, 9.17) is 16.0 Å². The molecule has 24 heavy (non-hydrogen) atoms. The van der Waals surface area contributed by atoms with Gasteiger partial charge < -0.3 is 15.1 Å². The number of rotatable bonds is 7. The van der Waals surface area contributed by atoms with E-state index in [0.717, 1.165) is 5.56 Å². The molecular weight excluding hydrogens is 330 g/mol. The standard InChI is InChI=1S/C17H20ClN3O3/c1-11-15(10-16(23)20-8-4-7-19-12(2)22)21-17(24-11)13-5-3-6-14(18)9-13/h3,5-6,9H,4,7-8,10H2,1-2H3,(H,19,22)(H,20,23). The molecule has 0 radical (unpaired) electrons. The molecule has 128 valence electrons. The Hall–Kier alpha value is -2.34. The highest BCUT2D eigenvalue weighted by Gasteiger charge is 2.14. The lowest BCUT2D eigenvalue weighted by molar-refractivity contribution is -0.120. The van der Waals surface area contributed by atoms with E-state index in [1.807, 2.05) is 12.1 Å². The van der Waals surface area contributed by atoms with E-state index in [9.17, 15) is 9.59 Å². The number of benzene rings is 1. The van der Waals surface area contributed by atoms with Crippen molar-refractivity contribution < 1.29 is 14.0 Å². The molecule has 0 spiro atoms. The van der Waals surface area contributed by atoms with Crippen molar-refractivity contribution in [2.75, 3.05) is 13.1 Å². The van der Waals surface area contributed by atoms with Crippen LogP contribution in [0.15, 0.2) is 28.7 Å². The summed E-state index contributed by atoms with van der Waals surface area (Å²) in [7, 11) is 0. The lowest BCUT2D eigenvalue weighted by atomic mass is 10.2. The van der Waals surface area contributed by atoms with Crippen molar-refractivity contribution in [3.8, 4) is 11.5 Å². The van der Waals surface area contributed by atoms with Crippen molar-refractivity contribution >= 4 is 23.4 Å². The van der Waals surface area contributed by atoms with Crippen LogP contribution in [-0.2, 0) is 16.0 Å². The van der Waals surface area contributed by atoms with Gasteiger partial charge >= 0.3 is 0 Å². The highest BCUT2D eigenvalue weighted by Crippen LogP contribution is 2.24. The minimum atomic E-state index is -0.133. The molecular formula is C17H20ClN3O3. The number of hydrogen-bond donors (Lipinski definition) is 2. The van der Waals surface area contributed by atoms with Gasteiger partial charge in [0, 0.05) is 30.6 Å². The summed E-state index contributed by atoms with van der Waals surface area (Å²) in [4.78, 5) is 27.1. The van der Waals surface area contributed by atoms with Crippen molar-refractivity contribution in [2.45, 2.75) is 26.7 Å². The number of aryl methyl sites for hydroxylation is 1. The Morgan fingerprint density at radius 2 is 2.00 bits per heavy atom. The van der Waals surface area contributed by atoms with E-state index in [1.165, 1.54) is 6.92 Å². The third-order valence-electron chi connectivity index (χ3n) is 3.34. The number of halogens is 1.